The van der Waals surface area contributed by atoms with Gasteiger partial charge in [-0.3, -0.25) is 0 Å². The maximum absolute atomic E-state index is 8.72. The van der Waals surface area contributed by atoms with Gasteiger partial charge < -0.3 is 15.9 Å². The van der Waals surface area contributed by atoms with Crippen LogP contribution in [0, 0.1) is 6.92 Å². The van der Waals surface area contributed by atoms with Gasteiger partial charge in [0.1, 0.15) is 0 Å². The molecule has 0 saturated carbocycles. The van der Waals surface area contributed by atoms with Gasteiger partial charge in [0.25, 0.3) is 0 Å². The van der Waals surface area contributed by atoms with E-state index >= 15 is 0 Å². The number of nitrogen functional groups attached to an aromatic ring is 1. The number of anilines is 1. The summed E-state index contributed by atoms with van der Waals surface area (Å²) >= 11 is 0. The third kappa shape index (κ3) is 2.22. The zero-order valence-electron chi connectivity index (χ0n) is 6.99. The fourth-order valence-corrected chi connectivity index (χ4v) is 1.11. The molecule has 0 saturated heterocycles. The van der Waals surface area contributed by atoms with Crippen molar-refractivity contribution in [3.8, 4) is 0 Å². The van der Waals surface area contributed by atoms with Crippen molar-refractivity contribution < 1.29 is 10.2 Å². The van der Waals surface area contributed by atoms with Gasteiger partial charge in [-0.15, -0.1) is 0 Å². The number of aryl methyl sites for hydroxylation is 1. The highest BCUT2D eigenvalue weighted by atomic mass is 16.5. The molecule has 4 N–H and O–H groups in total. The first-order chi connectivity index (χ1) is 5.59. The Bertz CT molecular complexity index is 271. The summed E-state index contributed by atoms with van der Waals surface area (Å²) in [6.45, 7) is 1.94. The van der Waals surface area contributed by atoms with Crippen molar-refractivity contribution in [2.45, 2.75) is 19.6 Å². The molecule has 0 aliphatic carbocycles. The minimum atomic E-state index is -1.32. The second-order valence-electron chi connectivity index (χ2n) is 2.89. The van der Waals surface area contributed by atoms with Gasteiger partial charge >= 0.3 is 0 Å². The minimum Gasteiger partial charge on any atom is -0.399 e. The van der Waals surface area contributed by atoms with E-state index in [1.807, 2.05) is 19.1 Å². The Labute approximate surface area is 71.5 Å². The number of rotatable bonds is 2. The van der Waals surface area contributed by atoms with Crippen LogP contribution < -0.4 is 5.73 Å². The van der Waals surface area contributed by atoms with Crippen molar-refractivity contribution in [1.82, 2.24) is 0 Å². The predicted octanol–water partition coefficient (Wildman–Crippen LogP) is 0.430. The number of hydrogen-bond donors (Lipinski definition) is 3. The lowest BCUT2D eigenvalue weighted by Gasteiger charge is -2.07. The Morgan fingerprint density at radius 3 is 2.67 bits per heavy atom. The van der Waals surface area contributed by atoms with Gasteiger partial charge in [0.05, 0.1) is 0 Å². The molecule has 0 spiro atoms. The Morgan fingerprint density at radius 2 is 2.08 bits per heavy atom. The molecular weight excluding hydrogens is 154 g/mol. The van der Waals surface area contributed by atoms with E-state index in [-0.39, 0.29) is 6.42 Å². The average Bonchev–Trinajstić information content (AvgIpc) is 1.96. The summed E-state index contributed by atoms with van der Waals surface area (Å²) in [5, 5.41) is 17.4. The monoisotopic (exact) mass is 167 g/mol. The van der Waals surface area contributed by atoms with E-state index in [4.69, 9.17) is 15.9 Å². The molecule has 0 atom stereocenters. The van der Waals surface area contributed by atoms with Gasteiger partial charge in [0.15, 0.2) is 6.29 Å². The second-order valence-corrected chi connectivity index (χ2v) is 2.89. The van der Waals surface area contributed by atoms with Crippen LogP contribution in [0.1, 0.15) is 11.1 Å². The van der Waals surface area contributed by atoms with E-state index in [2.05, 4.69) is 0 Å². The lowest BCUT2D eigenvalue weighted by Crippen LogP contribution is -2.10. The molecule has 0 heterocycles. The van der Waals surface area contributed by atoms with E-state index < -0.39 is 6.29 Å². The zero-order chi connectivity index (χ0) is 9.14. The molecule has 12 heavy (non-hydrogen) atoms. The molecule has 0 aliphatic rings. The third-order valence-corrected chi connectivity index (χ3v) is 1.70. The van der Waals surface area contributed by atoms with E-state index in [0.29, 0.717) is 5.69 Å². The lowest BCUT2D eigenvalue weighted by atomic mass is 10.1. The molecule has 3 heteroatoms. The molecule has 0 fully saturated rings. The van der Waals surface area contributed by atoms with Gasteiger partial charge in [-0.25, -0.2) is 0 Å². The molecule has 0 bridgehead atoms. The normalized spacial score (nSPS) is 10.7. The van der Waals surface area contributed by atoms with Crippen molar-refractivity contribution in [1.29, 1.82) is 0 Å². The minimum absolute atomic E-state index is 0.188. The molecule has 0 aliphatic heterocycles. The van der Waals surface area contributed by atoms with Crippen molar-refractivity contribution >= 4 is 5.69 Å². The van der Waals surface area contributed by atoms with Crippen LogP contribution in [0.5, 0.6) is 0 Å². The molecular formula is C9H13NO2. The quantitative estimate of drug-likeness (QED) is 0.442. The van der Waals surface area contributed by atoms with Crippen LogP contribution in [-0.2, 0) is 6.42 Å². The van der Waals surface area contributed by atoms with Crippen LogP contribution in [0.15, 0.2) is 18.2 Å². The van der Waals surface area contributed by atoms with E-state index in [0.717, 1.165) is 11.1 Å². The Balaban J connectivity index is 2.90. The molecule has 0 radical (unpaired) electrons. The summed E-state index contributed by atoms with van der Waals surface area (Å²) in [6.07, 6.45) is -1.14. The fourth-order valence-electron chi connectivity index (χ4n) is 1.11. The third-order valence-electron chi connectivity index (χ3n) is 1.70. The molecule has 0 unspecified atom stereocenters. The van der Waals surface area contributed by atoms with Gasteiger partial charge in [0.2, 0.25) is 0 Å². The van der Waals surface area contributed by atoms with Crippen LogP contribution in [0.25, 0.3) is 0 Å². The maximum atomic E-state index is 8.72. The highest BCUT2D eigenvalue weighted by molar-refractivity contribution is 5.48. The van der Waals surface area contributed by atoms with Crippen molar-refractivity contribution in [3.63, 3.8) is 0 Å². The van der Waals surface area contributed by atoms with E-state index in [9.17, 15) is 0 Å². The Kier molecular flexibility index (Phi) is 2.68. The maximum Gasteiger partial charge on any atom is 0.155 e. The van der Waals surface area contributed by atoms with E-state index in [1.54, 1.807) is 6.07 Å². The number of aliphatic hydroxyl groups excluding tert-OH is 1. The van der Waals surface area contributed by atoms with Crippen LogP contribution in [0.4, 0.5) is 5.69 Å². The summed E-state index contributed by atoms with van der Waals surface area (Å²) in [5.74, 6) is 0. The molecule has 66 valence electrons. The van der Waals surface area contributed by atoms with Crippen LogP contribution in [0.3, 0.4) is 0 Å². The summed E-state index contributed by atoms with van der Waals surface area (Å²) in [4.78, 5) is 0. The first-order valence-electron chi connectivity index (χ1n) is 3.80. The van der Waals surface area contributed by atoms with Crippen LogP contribution in [0.2, 0.25) is 0 Å². The Hall–Kier alpha value is -1.06. The molecule has 0 amide bonds. The molecule has 1 aromatic carbocycles. The number of hydrogen-bond acceptors (Lipinski definition) is 3. The SMILES string of the molecule is Cc1ccc(N)c(CC(O)O)c1. The fraction of sp³-hybridized carbons (Fsp3) is 0.333. The van der Waals surface area contributed by atoms with Crippen molar-refractivity contribution in [2.24, 2.45) is 0 Å². The molecule has 0 aromatic heterocycles. The van der Waals surface area contributed by atoms with Gasteiger partial charge in [-0.2, -0.15) is 0 Å². The predicted molar refractivity (Wildman–Crippen MR) is 47.5 cm³/mol. The summed E-state index contributed by atoms with van der Waals surface area (Å²) in [5.41, 5.74) is 8.07. The van der Waals surface area contributed by atoms with Crippen LogP contribution in [-0.4, -0.2) is 16.5 Å². The standard InChI is InChI=1S/C9H13NO2/c1-6-2-3-8(10)7(4-6)5-9(11)12/h2-4,9,11-12H,5,10H2,1H3. The van der Waals surface area contributed by atoms with Gasteiger partial charge in [0, 0.05) is 12.1 Å². The Morgan fingerprint density at radius 1 is 1.42 bits per heavy atom. The number of nitrogens with two attached hydrogens (primary N) is 1. The van der Waals surface area contributed by atoms with Crippen molar-refractivity contribution in [3.05, 3.63) is 29.3 Å². The van der Waals surface area contributed by atoms with E-state index in [1.165, 1.54) is 0 Å². The van der Waals surface area contributed by atoms with Gasteiger partial charge in [-0.05, 0) is 18.6 Å². The highest BCUT2D eigenvalue weighted by Crippen LogP contribution is 2.14. The summed E-state index contributed by atoms with van der Waals surface area (Å²) in [7, 11) is 0. The molecule has 3 nitrogen and oxygen atoms in total. The second kappa shape index (κ2) is 3.56. The largest absolute Gasteiger partial charge is 0.399 e. The average molecular weight is 167 g/mol. The first kappa shape index (κ1) is 9.03. The summed E-state index contributed by atoms with van der Waals surface area (Å²) in [6, 6.07) is 5.52. The number of aliphatic hydroxyl groups is 2. The lowest BCUT2D eigenvalue weighted by molar-refractivity contribution is -0.0380. The summed E-state index contributed by atoms with van der Waals surface area (Å²) < 4.78 is 0. The zero-order valence-corrected chi connectivity index (χ0v) is 6.99. The molecule has 1 rings (SSSR count). The van der Waals surface area contributed by atoms with Crippen molar-refractivity contribution in [2.75, 3.05) is 5.73 Å². The van der Waals surface area contributed by atoms with Crippen LogP contribution >= 0.6 is 0 Å². The molecule has 1 aromatic rings. The number of benzene rings is 1. The smallest absolute Gasteiger partial charge is 0.155 e. The van der Waals surface area contributed by atoms with Gasteiger partial charge in [-0.1, -0.05) is 17.7 Å². The topological polar surface area (TPSA) is 66.5 Å². The first-order valence-corrected chi connectivity index (χ1v) is 3.80. The highest BCUT2D eigenvalue weighted by Gasteiger charge is 2.03.